The third-order valence-electron chi connectivity index (χ3n) is 4.20. The first kappa shape index (κ1) is 14.2. The fourth-order valence-electron chi connectivity index (χ4n) is 2.64. The van der Waals surface area contributed by atoms with Crippen molar-refractivity contribution >= 4 is 12.3 Å². The van der Waals surface area contributed by atoms with E-state index >= 15 is 0 Å². The molecule has 1 atom stereocenters. The SMILES string of the molecule is CC1(NCC(=O)N2CCC(F)C2)CCN(C=O)CC1. The molecule has 0 aliphatic carbocycles. The van der Waals surface area contributed by atoms with Crippen molar-refractivity contribution in [2.75, 3.05) is 32.7 Å². The summed E-state index contributed by atoms with van der Waals surface area (Å²) >= 11 is 0. The number of nitrogens with zero attached hydrogens (tertiary/aromatic N) is 2. The van der Waals surface area contributed by atoms with Gasteiger partial charge in [0, 0.05) is 25.2 Å². The maximum Gasteiger partial charge on any atom is 0.236 e. The summed E-state index contributed by atoms with van der Waals surface area (Å²) in [5, 5.41) is 3.28. The fraction of sp³-hybridized carbons (Fsp3) is 0.846. The van der Waals surface area contributed by atoms with Gasteiger partial charge in [-0.3, -0.25) is 9.59 Å². The van der Waals surface area contributed by atoms with E-state index in [2.05, 4.69) is 12.2 Å². The molecule has 0 aromatic rings. The third kappa shape index (κ3) is 3.65. The van der Waals surface area contributed by atoms with Crippen molar-refractivity contribution < 1.29 is 14.0 Å². The minimum absolute atomic E-state index is 0.0285. The summed E-state index contributed by atoms with van der Waals surface area (Å²) in [6.07, 6.45) is 2.14. The zero-order chi connectivity index (χ0) is 13.9. The van der Waals surface area contributed by atoms with Crippen molar-refractivity contribution in [3.63, 3.8) is 0 Å². The Balaban J connectivity index is 1.75. The van der Waals surface area contributed by atoms with E-state index in [9.17, 15) is 14.0 Å². The Bertz CT molecular complexity index is 343. The maximum atomic E-state index is 13.0. The van der Waals surface area contributed by atoms with Gasteiger partial charge in [0.15, 0.2) is 0 Å². The number of halogens is 1. The lowest BCUT2D eigenvalue weighted by molar-refractivity contribution is -0.130. The second kappa shape index (κ2) is 5.86. The molecule has 108 valence electrons. The van der Waals surface area contributed by atoms with Crippen LogP contribution < -0.4 is 5.32 Å². The number of likely N-dealkylation sites (tertiary alicyclic amines) is 2. The molecule has 5 nitrogen and oxygen atoms in total. The van der Waals surface area contributed by atoms with Crippen LogP contribution in [0.3, 0.4) is 0 Å². The predicted molar refractivity (Wildman–Crippen MR) is 69.4 cm³/mol. The Hall–Kier alpha value is -1.17. The zero-order valence-corrected chi connectivity index (χ0v) is 11.4. The van der Waals surface area contributed by atoms with Crippen LogP contribution in [0.15, 0.2) is 0 Å². The van der Waals surface area contributed by atoms with Crippen LogP contribution in [0.2, 0.25) is 0 Å². The number of carbonyl (C=O) groups is 2. The Labute approximate surface area is 113 Å². The van der Waals surface area contributed by atoms with Crippen molar-refractivity contribution in [3.8, 4) is 0 Å². The van der Waals surface area contributed by atoms with Gasteiger partial charge < -0.3 is 15.1 Å². The first-order valence-electron chi connectivity index (χ1n) is 6.89. The topological polar surface area (TPSA) is 52.7 Å². The molecule has 2 aliphatic rings. The highest BCUT2D eigenvalue weighted by atomic mass is 19.1. The van der Waals surface area contributed by atoms with E-state index in [1.54, 1.807) is 9.80 Å². The van der Waals surface area contributed by atoms with Crippen LogP contribution in [-0.4, -0.2) is 66.6 Å². The number of carbonyl (C=O) groups excluding carboxylic acids is 2. The Morgan fingerprint density at radius 1 is 1.42 bits per heavy atom. The summed E-state index contributed by atoms with van der Waals surface area (Å²) in [7, 11) is 0. The summed E-state index contributed by atoms with van der Waals surface area (Å²) in [6.45, 7) is 4.52. The molecule has 0 spiro atoms. The summed E-state index contributed by atoms with van der Waals surface area (Å²) in [6, 6.07) is 0. The molecular weight excluding hydrogens is 249 g/mol. The minimum atomic E-state index is -0.865. The van der Waals surface area contributed by atoms with E-state index in [1.807, 2.05) is 0 Å². The van der Waals surface area contributed by atoms with Gasteiger partial charge in [-0.15, -0.1) is 0 Å². The Morgan fingerprint density at radius 3 is 2.63 bits per heavy atom. The summed E-state index contributed by atoms with van der Waals surface area (Å²) in [5.74, 6) is -0.0285. The summed E-state index contributed by atoms with van der Waals surface area (Å²) in [5.41, 5.74) is -0.107. The molecule has 0 aromatic heterocycles. The van der Waals surface area contributed by atoms with E-state index in [-0.39, 0.29) is 24.5 Å². The van der Waals surface area contributed by atoms with Gasteiger partial charge in [0.2, 0.25) is 12.3 Å². The molecule has 1 N–H and O–H groups in total. The number of amides is 2. The fourth-order valence-corrected chi connectivity index (χ4v) is 2.64. The van der Waals surface area contributed by atoms with E-state index in [0.717, 1.165) is 32.3 Å². The Kier molecular flexibility index (Phi) is 4.39. The molecule has 2 rings (SSSR count). The molecule has 0 aromatic carbocycles. The predicted octanol–water partition coefficient (Wildman–Crippen LogP) is 0.157. The standard InChI is InChI=1S/C13H22FN3O2/c1-13(3-6-16(10-18)7-4-13)15-8-12(19)17-5-2-11(14)9-17/h10-11,15H,2-9H2,1H3. The third-order valence-corrected chi connectivity index (χ3v) is 4.20. The number of piperidine rings is 1. The van der Waals surface area contributed by atoms with Gasteiger partial charge in [-0.05, 0) is 26.2 Å². The highest BCUT2D eigenvalue weighted by molar-refractivity contribution is 5.78. The lowest BCUT2D eigenvalue weighted by Crippen LogP contribution is -2.53. The summed E-state index contributed by atoms with van der Waals surface area (Å²) < 4.78 is 13.0. The minimum Gasteiger partial charge on any atom is -0.345 e. The highest BCUT2D eigenvalue weighted by Gasteiger charge is 2.31. The van der Waals surface area contributed by atoms with E-state index < -0.39 is 6.17 Å². The first-order chi connectivity index (χ1) is 9.02. The van der Waals surface area contributed by atoms with E-state index in [4.69, 9.17) is 0 Å². The van der Waals surface area contributed by atoms with Crippen LogP contribution in [0.1, 0.15) is 26.2 Å². The summed E-state index contributed by atoms with van der Waals surface area (Å²) in [4.78, 5) is 25.9. The molecule has 2 fully saturated rings. The number of nitrogens with one attached hydrogen (secondary N) is 1. The second-order valence-corrected chi connectivity index (χ2v) is 5.78. The van der Waals surface area contributed by atoms with Gasteiger partial charge in [-0.1, -0.05) is 0 Å². The average molecular weight is 271 g/mol. The molecule has 2 heterocycles. The molecule has 6 heteroatoms. The first-order valence-corrected chi connectivity index (χ1v) is 6.89. The second-order valence-electron chi connectivity index (χ2n) is 5.78. The number of alkyl halides is 1. The van der Waals surface area contributed by atoms with E-state index in [1.165, 1.54) is 0 Å². The van der Waals surface area contributed by atoms with E-state index in [0.29, 0.717) is 13.0 Å². The van der Waals surface area contributed by atoms with Crippen molar-refractivity contribution in [1.82, 2.24) is 15.1 Å². The number of hydrogen-bond acceptors (Lipinski definition) is 3. The largest absolute Gasteiger partial charge is 0.345 e. The molecule has 0 saturated carbocycles. The van der Waals surface area contributed by atoms with Crippen molar-refractivity contribution in [2.45, 2.75) is 37.9 Å². The van der Waals surface area contributed by atoms with Gasteiger partial charge in [-0.25, -0.2) is 4.39 Å². The normalized spacial score (nSPS) is 26.5. The molecule has 2 amide bonds. The van der Waals surface area contributed by atoms with Gasteiger partial charge >= 0.3 is 0 Å². The Morgan fingerprint density at radius 2 is 2.11 bits per heavy atom. The van der Waals surface area contributed by atoms with Crippen LogP contribution in [0.5, 0.6) is 0 Å². The molecule has 0 bridgehead atoms. The molecule has 19 heavy (non-hydrogen) atoms. The lowest BCUT2D eigenvalue weighted by Gasteiger charge is -2.38. The zero-order valence-electron chi connectivity index (χ0n) is 11.4. The number of hydrogen-bond donors (Lipinski definition) is 1. The molecule has 2 saturated heterocycles. The molecular formula is C13H22FN3O2. The van der Waals surface area contributed by atoms with Crippen LogP contribution in [-0.2, 0) is 9.59 Å². The maximum absolute atomic E-state index is 13.0. The highest BCUT2D eigenvalue weighted by Crippen LogP contribution is 2.21. The molecule has 1 unspecified atom stereocenters. The molecule has 0 radical (unpaired) electrons. The van der Waals surface area contributed by atoms with Gasteiger partial charge in [0.25, 0.3) is 0 Å². The van der Waals surface area contributed by atoms with Crippen LogP contribution in [0.25, 0.3) is 0 Å². The quantitative estimate of drug-likeness (QED) is 0.741. The van der Waals surface area contributed by atoms with Crippen molar-refractivity contribution in [3.05, 3.63) is 0 Å². The lowest BCUT2D eigenvalue weighted by atomic mass is 9.90. The van der Waals surface area contributed by atoms with Gasteiger partial charge in [0.05, 0.1) is 13.1 Å². The van der Waals surface area contributed by atoms with Crippen molar-refractivity contribution in [2.24, 2.45) is 0 Å². The average Bonchev–Trinajstić information content (AvgIpc) is 2.84. The van der Waals surface area contributed by atoms with Crippen LogP contribution in [0, 0.1) is 0 Å². The smallest absolute Gasteiger partial charge is 0.236 e. The van der Waals surface area contributed by atoms with Crippen LogP contribution in [0.4, 0.5) is 4.39 Å². The molecule has 2 aliphatic heterocycles. The number of rotatable bonds is 4. The van der Waals surface area contributed by atoms with Gasteiger partial charge in [0.1, 0.15) is 6.17 Å². The van der Waals surface area contributed by atoms with Crippen molar-refractivity contribution in [1.29, 1.82) is 0 Å². The van der Waals surface area contributed by atoms with Gasteiger partial charge in [-0.2, -0.15) is 0 Å². The monoisotopic (exact) mass is 271 g/mol. The van der Waals surface area contributed by atoms with Crippen LogP contribution >= 0.6 is 0 Å².